The summed E-state index contributed by atoms with van der Waals surface area (Å²) in [6.45, 7) is -0.368. The Morgan fingerprint density at radius 2 is 1.82 bits per heavy atom. The molecule has 0 fully saturated rings. The summed E-state index contributed by atoms with van der Waals surface area (Å²) < 4.78 is 41.2. The van der Waals surface area contributed by atoms with E-state index in [9.17, 15) is 18.0 Å². The first-order valence-corrected chi connectivity index (χ1v) is 10.4. The second-order valence-corrected chi connectivity index (χ2v) is 7.91. The van der Waals surface area contributed by atoms with E-state index < -0.39 is 17.6 Å². The van der Waals surface area contributed by atoms with E-state index in [1.54, 1.807) is 48.0 Å². The minimum absolute atomic E-state index is 0.243. The Bertz CT molecular complexity index is 1330. The molecule has 2 N–H and O–H groups in total. The molecule has 4 aromatic rings. The van der Waals surface area contributed by atoms with Crippen LogP contribution in [0.3, 0.4) is 0 Å². The quantitative estimate of drug-likeness (QED) is 0.359. The smallest absolute Gasteiger partial charge is 0.346 e. The molecule has 170 valence electrons. The maximum atomic E-state index is 13.1. The van der Waals surface area contributed by atoms with Gasteiger partial charge in [-0.1, -0.05) is 29.3 Å². The van der Waals surface area contributed by atoms with Crippen LogP contribution in [0.15, 0.2) is 54.7 Å². The molecular weight excluding hydrogens is 478 g/mol. The zero-order chi connectivity index (χ0) is 23.8. The molecule has 0 radical (unpaired) electrons. The van der Waals surface area contributed by atoms with Crippen LogP contribution in [0, 0.1) is 0 Å². The number of para-hydroxylation sites is 1. The summed E-state index contributed by atoms with van der Waals surface area (Å²) in [4.78, 5) is 20.8. The lowest BCUT2D eigenvalue weighted by Gasteiger charge is -2.12. The zero-order valence-corrected chi connectivity index (χ0v) is 18.6. The maximum absolute atomic E-state index is 13.1. The summed E-state index contributed by atoms with van der Waals surface area (Å²) in [5.74, 6) is -0.106. The predicted molar refractivity (Wildman–Crippen MR) is 121 cm³/mol. The minimum atomic E-state index is -4.56. The van der Waals surface area contributed by atoms with Crippen LogP contribution in [0.25, 0.3) is 11.0 Å². The van der Waals surface area contributed by atoms with Gasteiger partial charge in [0.25, 0.3) is 5.91 Å². The Balaban J connectivity index is 1.56. The molecule has 0 atom stereocenters. The van der Waals surface area contributed by atoms with Crippen LogP contribution in [0.1, 0.15) is 21.6 Å². The molecule has 0 saturated heterocycles. The standard InChI is InChI=1S/C22H16Cl2F3N5O/c1-32-18-8-7-12(20(33)29-11-17-13(22(25,26)27)4-3-9-28-17)10-16(18)30-21(32)31-19-14(23)5-2-6-15(19)24/h2-10H,11H2,1H3,(H,29,33)(H,30,31). The summed E-state index contributed by atoms with van der Waals surface area (Å²) in [5, 5.41) is 6.41. The molecule has 2 aromatic heterocycles. The van der Waals surface area contributed by atoms with E-state index in [4.69, 9.17) is 23.2 Å². The lowest BCUT2D eigenvalue weighted by atomic mass is 10.1. The van der Waals surface area contributed by atoms with Crippen molar-refractivity contribution in [1.82, 2.24) is 19.9 Å². The number of hydrogen-bond donors (Lipinski definition) is 2. The third-order valence-corrected chi connectivity index (χ3v) is 5.58. The first kappa shape index (κ1) is 22.9. The fourth-order valence-corrected chi connectivity index (χ4v) is 3.78. The second kappa shape index (κ2) is 8.92. The van der Waals surface area contributed by atoms with E-state index in [0.29, 0.717) is 27.2 Å². The predicted octanol–water partition coefficient (Wildman–Crippen LogP) is 5.97. The van der Waals surface area contributed by atoms with E-state index in [1.165, 1.54) is 12.3 Å². The fraction of sp³-hybridized carbons (Fsp3) is 0.136. The zero-order valence-electron chi connectivity index (χ0n) is 17.0. The van der Waals surface area contributed by atoms with Gasteiger partial charge in [-0.15, -0.1) is 0 Å². The van der Waals surface area contributed by atoms with E-state index in [-0.39, 0.29) is 17.8 Å². The Morgan fingerprint density at radius 1 is 1.09 bits per heavy atom. The highest BCUT2D eigenvalue weighted by atomic mass is 35.5. The molecule has 1 amide bonds. The summed E-state index contributed by atoms with van der Waals surface area (Å²) in [7, 11) is 1.78. The monoisotopic (exact) mass is 493 g/mol. The van der Waals surface area contributed by atoms with Gasteiger partial charge in [0, 0.05) is 18.8 Å². The molecule has 0 saturated carbocycles. The SMILES string of the molecule is Cn1c(Nc2c(Cl)cccc2Cl)nc2cc(C(=O)NCc3ncccc3C(F)(F)F)ccc21. The first-order chi connectivity index (χ1) is 15.6. The van der Waals surface area contributed by atoms with Crippen LogP contribution in [0.2, 0.25) is 10.0 Å². The molecule has 2 aromatic carbocycles. The van der Waals surface area contributed by atoms with Gasteiger partial charge in [-0.05, 0) is 42.5 Å². The van der Waals surface area contributed by atoms with Gasteiger partial charge < -0.3 is 15.2 Å². The number of amides is 1. The summed E-state index contributed by atoms with van der Waals surface area (Å²) >= 11 is 12.4. The number of aryl methyl sites for hydroxylation is 1. The van der Waals surface area contributed by atoms with Crippen LogP contribution in [0.4, 0.5) is 24.8 Å². The molecule has 6 nitrogen and oxygen atoms in total. The van der Waals surface area contributed by atoms with E-state index in [2.05, 4.69) is 20.6 Å². The summed E-state index contributed by atoms with van der Waals surface area (Å²) in [6, 6.07) is 12.0. The summed E-state index contributed by atoms with van der Waals surface area (Å²) in [5.41, 5.74) is 0.811. The molecule has 4 rings (SSSR count). The van der Waals surface area contributed by atoms with Crippen molar-refractivity contribution in [1.29, 1.82) is 0 Å². The number of nitrogens with zero attached hydrogens (tertiary/aromatic N) is 3. The van der Waals surface area contributed by atoms with Gasteiger partial charge in [-0.25, -0.2) is 4.98 Å². The van der Waals surface area contributed by atoms with Gasteiger partial charge in [0.05, 0.1) is 44.6 Å². The number of carbonyl (C=O) groups excluding carboxylic acids is 1. The molecule has 0 bridgehead atoms. The number of alkyl halides is 3. The van der Waals surface area contributed by atoms with Crippen molar-refractivity contribution in [3.05, 3.63) is 81.6 Å². The molecule has 0 aliphatic rings. The number of benzene rings is 2. The van der Waals surface area contributed by atoms with Crippen molar-refractivity contribution in [3.8, 4) is 0 Å². The van der Waals surface area contributed by atoms with Gasteiger partial charge in [0.1, 0.15) is 0 Å². The van der Waals surface area contributed by atoms with Crippen molar-refractivity contribution in [2.75, 3.05) is 5.32 Å². The second-order valence-electron chi connectivity index (χ2n) is 7.10. The summed E-state index contributed by atoms with van der Waals surface area (Å²) in [6.07, 6.45) is -3.31. The van der Waals surface area contributed by atoms with Crippen LogP contribution < -0.4 is 10.6 Å². The van der Waals surface area contributed by atoms with Crippen molar-refractivity contribution < 1.29 is 18.0 Å². The van der Waals surface area contributed by atoms with Gasteiger partial charge >= 0.3 is 6.18 Å². The normalized spacial score (nSPS) is 11.6. The van der Waals surface area contributed by atoms with E-state index >= 15 is 0 Å². The van der Waals surface area contributed by atoms with Crippen molar-refractivity contribution in [2.24, 2.45) is 7.05 Å². The van der Waals surface area contributed by atoms with Gasteiger partial charge in [-0.3, -0.25) is 9.78 Å². The molecule has 2 heterocycles. The highest BCUT2D eigenvalue weighted by Crippen LogP contribution is 2.33. The number of aromatic nitrogens is 3. The van der Waals surface area contributed by atoms with Crippen LogP contribution in [-0.2, 0) is 19.8 Å². The van der Waals surface area contributed by atoms with E-state index in [1.807, 2.05) is 0 Å². The Morgan fingerprint density at radius 3 is 2.52 bits per heavy atom. The molecule has 0 aliphatic carbocycles. The highest BCUT2D eigenvalue weighted by Gasteiger charge is 2.33. The number of rotatable bonds is 5. The average molecular weight is 494 g/mol. The Hall–Kier alpha value is -3.30. The van der Waals surface area contributed by atoms with Crippen LogP contribution >= 0.6 is 23.2 Å². The number of hydrogen-bond acceptors (Lipinski definition) is 4. The number of anilines is 2. The van der Waals surface area contributed by atoms with E-state index in [0.717, 1.165) is 11.6 Å². The maximum Gasteiger partial charge on any atom is 0.418 e. The number of fused-ring (bicyclic) bond motifs is 1. The largest absolute Gasteiger partial charge is 0.418 e. The first-order valence-electron chi connectivity index (χ1n) is 9.62. The van der Waals surface area contributed by atoms with Crippen LogP contribution in [-0.4, -0.2) is 20.4 Å². The number of carbonyl (C=O) groups is 1. The molecule has 11 heteroatoms. The van der Waals surface area contributed by atoms with Gasteiger partial charge in [0.15, 0.2) is 0 Å². The topological polar surface area (TPSA) is 71.8 Å². The van der Waals surface area contributed by atoms with Gasteiger partial charge in [-0.2, -0.15) is 13.2 Å². The molecule has 0 spiro atoms. The average Bonchev–Trinajstić information content (AvgIpc) is 3.09. The number of imidazole rings is 1. The molecular formula is C22H16Cl2F3N5O. The lowest BCUT2D eigenvalue weighted by molar-refractivity contribution is -0.138. The highest BCUT2D eigenvalue weighted by molar-refractivity contribution is 6.39. The van der Waals surface area contributed by atoms with Crippen molar-refractivity contribution >= 4 is 51.8 Å². The van der Waals surface area contributed by atoms with Crippen LogP contribution in [0.5, 0.6) is 0 Å². The van der Waals surface area contributed by atoms with Crippen molar-refractivity contribution in [2.45, 2.75) is 12.7 Å². The number of nitrogens with one attached hydrogen (secondary N) is 2. The number of pyridine rings is 1. The Kier molecular flexibility index (Phi) is 6.18. The molecule has 33 heavy (non-hydrogen) atoms. The fourth-order valence-electron chi connectivity index (χ4n) is 3.28. The minimum Gasteiger partial charge on any atom is -0.346 e. The lowest BCUT2D eigenvalue weighted by Crippen LogP contribution is -2.25. The van der Waals surface area contributed by atoms with Gasteiger partial charge in [0.2, 0.25) is 5.95 Å². The Labute approximate surface area is 196 Å². The third-order valence-electron chi connectivity index (χ3n) is 4.95. The number of halogens is 5. The third kappa shape index (κ3) is 4.74. The molecule has 0 aliphatic heterocycles. The molecule has 0 unspecified atom stereocenters. The van der Waals surface area contributed by atoms with Crippen molar-refractivity contribution in [3.63, 3.8) is 0 Å².